The highest BCUT2D eigenvalue weighted by Crippen LogP contribution is 2.44. The second-order valence-electron chi connectivity index (χ2n) is 5.69. The molecule has 114 valence electrons. The van der Waals surface area contributed by atoms with Gasteiger partial charge in [0.15, 0.2) is 0 Å². The van der Waals surface area contributed by atoms with Crippen LogP contribution in [0.1, 0.15) is 33.8 Å². The zero-order valence-electron chi connectivity index (χ0n) is 12.5. The van der Waals surface area contributed by atoms with Crippen molar-refractivity contribution in [3.63, 3.8) is 0 Å². The minimum absolute atomic E-state index is 0.0487. The number of carbonyl (C=O) groups excluding carboxylic acids is 1. The van der Waals surface area contributed by atoms with Gasteiger partial charge in [-0.15, -0.1) is 23.2 Å². The Morgan fingerprint density at radius 2 is 1.77 bits per heavy atom. The highest BCUT2D eigenvalue weighted by molar-refractivity contribution is 6.32. The van der Waals surface area contributed by atoms with E-state index in [0.29, 0.717) is 5.56 Å². The topological polar surface area (TPSA) is 20.3 Å². The second kappa shape index (κ2) is 5.94. The first-order chi connectivity index (χ1) is 10.5. The summed E-state index contributed by atoms with van der Waals surface area (Å²) in [7, 11) is 0. The van der Waals surface area contributed by atoms with Gasteiger partial charge in [-0.3, -0.25) is 4.79 Å². The van der Waals surface area contributed by atoms with Crippen LogP contribution in [-0.4, -0.2) is 17.3 Å². The van der Waals surface area contributed by atoms with Crippen LogP contribution in [0.5, 0.6) is 0 Å². The molecule has 2 aromatic rings. The lowest BCUT2D eigenvalue weighted by Gasteiger charge is -2.40. The standard InChI is InChI=1S/C18H17Cl2NO/c1-11-8-9-15-14(10-11)17(20)16(19)12(2)21(15)18(22)13-6-4-3-5-7-13/h3-10,12,16-17H,1-2H3/t12-,16+,17-/m1/s1. The number of carbonyl (C=O) groups is 1. The summed E-state index contributed by atoms with van der Waals surface area (Å²) in [6.45, 7) is 3.95. The number of amides is 1. The molecular weight excluding hydrogens is 317 g/mol. The third kappa shape index (κ3) is 2.51. The van der Waals surface area contributed by atoms with E-state index in [1.165, 1.54) is 0 Å². The Hall–Kier alpha value is -1.51. The van der Waals surface area contributed by atoms with Gasteiger partial charge >= 0.3 is 0 Å². The summed E-state index contributed by atoms with van der Waals surface area (Å²) in [5, 5.41) is -0.630. The Bertz CT molecular complexity index is 701. The molecule has 0 fully saturated rings. The normalized spacial score (nSPS) is 24.0. The number of hydrogen-bond acceptors (Lipinski definition) is 1. The Labute approximate surface area is 140 Å². The number of fused-ring (bicyclic) bond motifs is 1. The molecule has 4 heteroatoms. The van der Waals surface area contributed by atoms with Crippen LogP contribution in [0.2, 0.25) is 0 Å². The SMILES string of the molecule is Cc1ccc2c(c1)[C@@H](Cl)[C@@H](Cl)[C@@H](C)N2C(=O)c1ccccc1. The first kappa shape index (κ1) is 15.4. The number of nitrogens with zero attached hydrogens (tertiary/aromatic N) is 1. The molecular formula is C18H17Cl2NO. The quantitative estimate of drug-likeness (QED) is 0.677. The number of benzene rings is 2. The van der Waals surface area contributed by atoms with Gasteiger partial charge in [-0.25, -0.2) is 0 Å². The Morgan fingerprint density at radius 1 is 1.09 bits per heavy atom. The van der Waals surface area contributed by atoms with Crippen molar-refractivity contribution >= 4 is 34.8 Å². The van der Waals surface area contributed by atoms with Crippen LogP contribution in [0.15, 0.2) is 48.5 Å². The van der Waals surface area contributed by atoms with Crippen LogP contribution in [0.25, 0.3) is 0 Å². The van der Waals surface area contributed by atoms with Crippen LogP contribution in [0.4, 0.5) is 5.69 Å². The van der Waals surface area contributed by atoms with Crippen molar-refractivity contribution in [1.82, 2.24) is 0 Å². The van der Waals surface area contributed by atoms with Crippen molar-refractivity contribution in [1.29, 1.82) is 0 Å². The summed E-state index contributed by atoms with van der Waals surface area (Å²) in [4.78, 5) is 14.7. The lowest BCUT2D eigenvalue weighted by Crippen LogP contribution is -2.48. The van der Waals surface area contributed by atoms with Crippen molar-refractivity contribution < 1.29 is 4.79 Å². The lowest BCUT2D eigenvalue weighted by molar-refractivity contribution is 0.0975. The molecule has 0 aromatic heterocycles. The first-order valence-corrected chi connectivity index (χ1v) is 8.15. The molecule has 0 saturated heterocycles. The van der Waals surface area contributed by atoms with E-state index < -0.39 is 0 Å². The monoisotopic (exact) mass is 333 g/mol. The van der Waals surface area contributed by atoms with Crippen molar-refractivity contribution in [2.45, 2.75) is 30.6 Å². The van der Waals surface area contributed by atoms with Crippen LogP contribution in [0, 0.1) is 6.92 Å². The number of aryl methyl sites for hydroxylation is 1. The van der Waals surface area contributed by atoms with Gasteiger partial charge in [-0.2, -0.15) is 0 Å². The van der Waals surface area contributed by atoms with E-state index in [4.69, 9.17) is 23.2 Å². The summed E-state index contributed by atoms with van der Waals surface area (Å²) in [6, 6.07) is 15.0. The number of hydrogen-bond donors (Lipinski definition) is 0. The van der Waals surface area contributed by atoms with Gasteiger partial charge in [0.05, 0.1) is 16.8 Å². The molecule has 1 amide bonds. The van der Waals surface area contributed by atoms with Crippen LogP contribution in [-0.2, 0) is 0 Å². The van der Waals surface area contributed by atoms with Crippen LogP contribution >= 0.6 is 23.2 Å². The number of rotatable bonds is 1. The van der Waals surface area contributed by atoms with Crippen molar-refractivity contribution in [2.24, 2.45) is 0 Å². The molecule has 0 unspecified atom stereocenters. The lowest BCUT2D eigenvalue weighted by atomic mass is 9.93. The maximum atomic E-state index is 12.9. The minimum atomic E-state index is -0.330. The molecule has 1 aliphatic heterocycles. The number of alkyl halides is 2. The Kier molecular flexibility index (Phi) is 4.16. The fourth-order valence-corrected chi connectivity index (χ4v) is 3.54. The second-order valence-corrected chi connectivity index (χ2v) is 6.66. The zero-order chi connectivity index (χ0) is 15.9. The molecule has 3 atom stereocenters. The average Bonchev–Trinajstić information content (AvgIpc) is 2.54. The zero-order valence-corrected chi connectivity index (χ0v) is 14.0. The highest BCUT2D eigenvalue weighted by Gasteiger charge is 2.39. The molecule has 2 nitrogen and oxygen atoms in total. The van der Waals surface area contributed by atoms with E-state index in [-0.39, 0.29) is 22.7 Å². The predicted octanol–water partition coefficient (Wildman–Crippen LogP) is 4.93. The molecule has 0 bridgehead atoms. The van der Waals surface area contributed by atoms with Crippen LogP contribution in [0.3, 0.4) is 0 Å². The molecule has 3 rings (SSSR count). The molecule has 2 aromatic carbocycles. The fourth-order valence-electron chi connectivity index (χ4n) is 2.91. The molecule has 22 heavy (non-hydrogen) atoms. The van der Waals surface area contributed by atoms with Crippen molar-refractivity contribution in [3.05, 3.63) is 65.2 Å². The van der Waals surface area contributed by atoms with Crippen LogP contribution < -0.4 is 4.90 Å². The maximum absolute atomic E-state index is 12.9. The third-order valence-electron chi connectivity index (χ3n) is 4.13. The maximum Gasteiger partial charge on any atom is 0.258 e. The minimum Gasteiger partial charge on any atom is -0.304 e. The van der Waals surface area contributed by atoms with Gasteiger partial charge in [-0.05, 0) is 37.6 Å². The molecule has 0 N–H and O–H groups in total. The van der Waals surface area contributed by atoms with Gasteiger partial charge in [0.1, 0.15) is 0 Å². The van der Waals surface area contributed by atoms with E-state index in [9.17, 15) is 4.79 Å². The summed E-state index contributed by atoms with van der Waals surface area (Å²) >= 11 is 13.0. The van der Waals surface area contributed by atoms with E-state index in [1.54, 1.807) is 4.90 Å². The van der Waals surface area contributed by atoms with Gasteiger partial charge in [0, 0.05) is 11.3 Å². The fraction of sp³-hybridized carbons (Fsp3) is 0.278. The first-order valence-electron chi connectivity index (χ1n) is 7.28. The molecule has 0 spiro atoms. The highest BCUT2D eigenvalue weighted by atomic mass is 35.5. The van der Waals surface area contributed by atoms with Gasteiger partial charge < -0.3 is 4.90 Å². The third-order valence-corrected chi connectivity index (χ3v) is 5.38. The Morgan fingerprint density at radius 3 is 2.45 bits per heavy atom. The summed E-state index contributed by atoms with van der Waals surface area (Å²) in [5.74, 6) is -0.0487. The summed E-state index contributed by atoms with van der Waals surface area (Å²) in [5.41, 5.74) is 3.53. The van der Waals surface area contributed by atoms with Gasteiger partial charge in [0.2, 0.25) is 0 Å². The Balaban J connectivity index is 2.11. The van der Waals surface area contributed by atoms with E-state index in [0.717, 1.165) is 16.8 Å². The van der Waals surface area contributed by atoms with Crippen molar-refractivity contribution in [3.8, 4) is 0 Å². The predicted molar refractivity (Wildman–Crippen MR) is 92.1 cm³/mol. The molecule has 0 radical (unpaired) electrons. The van der Waals surface area contributed by atoms with Crippen molar-refractivity contribution in [2.75, 3.05) is 4.90 Å². The molecule has 0 saturated carbocycles. The van der Waals surface area contributed by atoms with Gasteiger partial charge in [0.25, 0.3) is 5.91 Å². The summed E-state index contributed by atoms with van der Waals surface area (Å²) < 4.78 is 0. The smallest absolute Gasteiger partial charge is 0.258 e. The molecule has 1 aliphatic rings. The van der Waals surface area contributed by atoms with E-state index >= 15 is 0 Å². The molecule has 1 heterocycles. The summed E-state index contributed by atoms with van der Waals surface area (Å²) in [6.07, 6.45) is 0. The molecule has 0 aliphatic carbocycles. The average molecular weight is 334 g/mol. The van der Waals surface area contributed by atoms with E-state index in [1.807, 2.05) is 62.4 Å². The largest absolute Gasteiger partial charge is 0.304 e. The number of halogens is 2. The van der Waals surface area contributed by atoms with E-state index in [2.05, 4.69) is 0 Å². The van der Waals surface area contributed by atoms with Gasteiger partial charge in [-0.1, -0.05) is 35.9 Å². The number of anilines is 1.